The molecule has 0 atom stereocenters. The fraction of sp³-hybridized carbons (Fsp3) is 0.118. The summed E-state index contributed by atoms with van der Waals surface area (Å²) in [4.78, 5) is 32.8. The van der Waals surface area contributed by atoms with Crippen molar-refractivity contribution in [2.45, 2.75) is 13.8 Å². The van der Waals surface area contributed by atoms with Gasteiger partial charge >= 0.3 is 6.01 Å². The van der Waals surface area contributed by atoms with E-state index in [0.29, 0.717) is 33.1 Å². The molecule has 1 aromatic carbocycles. The Kier molecular flexibility index (Phi) is 4.82. The van der Waals surface area contributed by atoms with Crippen molar-refractivity contribution >= 4 is 33.6 Å². The molecule has 0 aliphatic heterocycles. The average Bonchev–Trinajstić information content (AvgIpc) is 3.32. The molecule has 0 saturated carbocycles. The van der Waals surface area contributed by atoms with Gasteiger partial charge in [-0.1, -0.05) is 5.16 Å². The zero-order chi connectivity index (χ0) is 21.3. The van der Waals surface area contributed by atoms with Gasteiger partial charge in [-0.25, -0.2) is 10.4 Å². The lowest BCUT2D eigenvalue weighted by Crippen LogP contribution is -2.47. The first kappa shape index (κ1) is 19.0. The highest BCUT2D eigenvalue weighted by Gasteiger charge is 2.11. The maximum absolute atomic E-state index is 12.6. The molecule has 4 rings (SSSR count). The molecule has 30 heavy (non-hydrogen) atoms. The summed E-state index contributed by atoms with van der Waals surface area (Å²) in [7, 11) is 0. The summed E-state index contributed by atoms with van der Waals surface area (Å²) in [5.41, 5.74) is 5.88. The minimum absolute atomic E-state index is 0.0382. The number of aryl methyl sites for hydroxylation is 2. The van der Waals surface area contributed by atoms with Crippen molar-refractivity contribution < 1.29 is 4.52 Å². The van der Waals surface area contributed by atoms with Crippen LogP contribution in [0.2, 0.25) is 0 Å². The molecule has 148 valence electrons. The normalized spacial score (nSPS) is 12.3. The lowest BCUT2D eigenvalue weighted by atomic mass is 10.2. The monoisotopic (exact) mass is 421 g/mol. The predicted octanol–water partition coefficient (Wildman–Crippen LogP) is 0.0144. The van der Waals surface area contributed by atoms with Crippen LogP contribution in [-0.4, -0.2) is 19.5 Å². The molecule has 12 nitrogen and oxygen atoms in total. The van der Waals surface area contributed by atoms with Crippen LogP contribution in [0.3, 0.4) is 0 Å². The van der Waals surface area contributed by atoms with E-state index >= 15 is 0 Å². The number of nitriles is 1. The van der Waals surface area contributed by atoms with E-state index in [4.69, 9.17) is 9.78 Å². The van der Waals surface area contributed by atoms with E-state index in [-0.39, 0.29) is 16.7 Å². The van der Waals surface area contributed by atoms with Gasteiger partial charge in [0.1, 0.15) is 22.5 Å². The van der Waals surface area contributed by atoms with Crippen LogP contribution >= 0.6 is 11.5 Å². The van der Waals surface area contributed by atoms with Crippen molar-refractivity contribution in [3.63, 3.8) is 0 Å². The quantitative estimate of drug-likeness (QED) is 0.428. The first-order chi connectivity index (χ1) is 14.5. The Morgan fingerprint density at radius 1 is 1.17 bits per heavy atom. The molecule has 0 amide bonds. The average molecular weight is 421 g/mol. The zero-order valence-electron chi connectivity index (χ0n) is 15.5. The number of hydrogen-bond acceptors (Lipinski definition) is 13. The van der Waals surface area contributed by atoms with Crippen LogP contribution in [0.5, 0.6) is 0 Å². The Balaban J connectivity index is 1.71. The number of hydrogen-bond donors (Lipinski definition) is 2. The third-order valence-corrected chi connectivity index (χ3v) is 4.66. The summed E-state index contributed by atoms with van der Waals surface area (Å²) in [5, 5.41) is 20.6. The molecule has 3 aromatic heterocycles. The van der Waals surface area contributed by atoms with E-state index in [1.165, 1.54) is 12.1 Å². The number of pyridine rings is 1. The van der Waals surface area contributed by atoms with Crippen molar-refractivity contribution in [3.05, 3.63) is 66.4 Å². The Labute approximate surface area is 170 Å². The maximum Gasteiger partial charge on any atom is 0.341 e. The second-order valence-electron chi connectivity index (χ2n) is 5.97. The minimum atomic E-state index is -0.691. The second kappa shape index (κ2) is 7.60. The summed E-state index contributed by atoms with van der Waals surface area (Å²) in [5.74, 6) is 0.368. The molecule has 0 fully saturated rings. The molecule has 0 aliphatic carbocycles. The molecule has 13 heteroatoms. The van der Waals surface area contributed by atoms with Crippen LogP contribution in [0.4, 0.5) is 11.0 Å². The van der Waals surface area contributed by atoms with Crippen molar-refractivity contribution in [2.24, 2.45) is 10.2 Å². The van der Waals surface area contributed by atoms with Gasteiger partial charge in [-0.05, 0) is 43.6 Å². The highest BCUT2D eigenvalue weighted by atomic mass is 32.1. The van der Waals surface area contributed by atoms with Crippen LogP contribution in [0, 0.1) is 25.2 Å². The second-order valence-corrected chi connectivity index (χ2v) is 6.74. The van der Waals surface area contributed by atoms with Gasteiger partial charge < -0.3 is 4.52 Å². The standard InChI is InChI=1S/C17H11N9O3S/c1-7-9(6-18)5-11-13(19-7)16(30-26-11)23-21-10-3-4-12(27)14(15(10)28)22-24-17-20-8(2)25-29-17/h3-5,23H,1-2H3,(H,20,24,25)/b21-10+,22-14+. The molecule has 0 radical (unpaired) electrons. The summed E-state index contributed by atoms with van der Waals surface area (Å²) >= 11 is 1.08. The highest BCUT2D eigenvalue weighted by Crippen LogP contribution is 2.27. The Morgan fingerprint density at radius 3 is 2.73 bits per heavy atom. The SMILES string of the molecule is Cc1noc(N/N=c2\c(=O)cc/c(=N\Nc3snc4cc(C#N)c(C)nc34)c2=O)n1. The van der Waals surface area contributed by atoms with E-state index < -0.39 is 10.9 Å². The fourth-order valence-corrected chi connectivity index (χ4v) is 3.10. The van der Waals surface area contributed by atoms with Crippen LogP contribution in [0.1, 0.15) is 17.1 Å². The first-order valence-corrected chi connectivity index (χ1v) is 9.15. The number of aromatic nitrogens is 4. The molecule has 2 N–H and O–H groups in total. The predicted molar refractivity (Wildman–Crippen MR) is 106 cm³/mol. The summed E-state index contributed by atoms with van der Waals surface area (Å²) in [6.07, 6.45) is 0. The van der Waals surface area contributed by atoms with E-state index in [2.05, 4.69) is 46.6 Å². The van der Waals surface area contributed by atoms with Crippen molar-refractivity contribution in [2.75, 3.05) is 10.9 Å². The van der Waals surface area contributed by atoms with Crippen LogP contribution in [-0.2, 0) is 0 Å². The molecule has 3 heterocycles. The smallest absolute Gasteiger partial charge is 0.314 e. The lowest BCUT2D eigenvalue weighted by Gasteiger charge is -1.98. The molecule has 0 saturated heterocycles. The number of nitrogens with zero attached hydrogens (tertiary/aromatic N) is 7. The Bertz CT molecular complexity index is 1540. The molecule has 0 unspecified atom stereocenters. The van der Waals surface area contributed by atoms with Crippen LogP contribution in [0.25, 0.3) is 11.0 Å². The number of anilines is 2. The Hall–Kier alpha value is -4.31. The topological polar surface area (TPSA) is 171 Å². The molecule has 0 spiro atoms. The summed E-state index contributed by atoms with van der Waals surface area (Å²) in [6.45, 7) is 3.32. The van der Waals surface area contributed by atoms with Gasteiger partial charge in [0.15, 0.2) is 16.2 Å². The highest BCUT2D eigenvalue weighted by molar-refractivity contribution is 7.11. The number of benzene rings is 1. The van der Waals surface area contributed by atoms with Crippen molar-refractivity contribution in [1.29, 1.82) is 5.26 Å². The van der Waals surface area contributed by atoms with Crippen molar-refractivity contribution in [1.82, 2.24) is 19.5 Å². The Morgan fingerprint density at radius 2 is 2.00 bits per heavy atom. The van der Waals surface area contributed by atoms with Gasteiger partial charge in [-0.2, -0.15) is 24.8 Å². The molecular formula is C17H11N9O3S. The molecule has 0 aliphatic rings. The van der Waals surface area contributed by atoms with Crippen LogP contribution in [0.15, 0.2) is 42.5 Å². The maximum atomic E-state index is 12.6. The lowest BCUT2D eigenvalue weighted by molar-refractivity contribution is 0.425. The van der Waals surface area contributed by atoms with Gasteiger partial charge in [-0.3, -0.25) is 15.0 Å². The van der Waals surface area contributed by atoms with Gasteiger partial charge in [0, 0.05) is 0 Å². The number of fused-ring (bicyclic) bond motifs is 1. The fourth-order valence-electron chi connectivity index (χ4n) is 2.45. The molecule has 0 bridgehead atoms. The van der Waals surface area contributed by atoms with E-state index in [1.54, 1.807) is 19.9 Å². The van der Waals surface area contributed by atoms with E-state index in [1.807, 2.05) is 0 Å². The third kappa shape index (κ3) is 3.54. The molecular weight excluding hydrogens is 410 g/mol. The van der Waals surface area contributed by atoms with E-state index in [9.17, 15) is 9.59 Å². The van der Waals surface area contributed by atoms with Gasteiger partial charge in [-0.15, -0.1) is 0 Å². The minimum Gasteiger partial charge on any atom is -0.314 e. The van der Waals surface area contributed by atoms with E-state index in [0.717, 1.165) is 11.5 Å². The number of rotatable bonds is 4. The van der Waals surface area contributed by atoms with Gasteiger partial charge in [0.25, 0.3) is 0 Å². The summed E-state index contributed by atoms with van der Waals surface area (Å²) < 4.78 is 9.05. The largest absolute Gasteiger partial charge is 0.341 e. The number of nitrogens with one attached hydrogen (secondary N) is 2. The molecule has 4 aromatic rings. The summed E-state index contributed by atoms with van der Waals surface area (Å²) in [6, 6.07) is 6.09. The van der Waals surface area contributed by atoms with Crippen molar-refractivity contribution in [3.8, 4) is 6.07 Å². The van der Waals surface area contributed by atoms with Gasteiger partial charge in [0.05, 0.1) is 11.3 Å². The third-order valence-electron chi connectivity index (χ3n) is 3.91. The van der Waals surface area contributed by atoms with Gasteiger partial charge in [0.2, 0.25) is 10.9 Å². The van der Waals surface area contributed by atoms with Crippen LogP contribution < -0.4 is 32.4 Å². The first-order valence-electron chi connectivity index (χ1n) is 8.38. The zero-order valence-corrected chi connectivity index (χ0v) is 16.3.